The average molecular weight is 396 g/mol. The number of carbonyl (C=O) groups excluding carboxylic acids is 1. The summed E-state index contributed by atoms with van der Waals surface area (Å²) in [5.74, 6) is 1.57. The summed E-state index contributed by atoms with van der Waals surface area (Å²) < 4.78 is 32.5. The van der Waals surface area contributed by atoms with Crippen molar-refractivity contribution in [3.8, 4) is 0 Å². The van der Waals surface area contributed by atoms with Crippen LogP contribution in [0.1, 0.15) is 80.5 Å². The van der Waals surface area contributed by atoms with Crippen LogP contribution in [-0.4, -0.2) is 48.2 Å². The summed E-state index contributed by atoms with van der Waals surface area (Å²) in [6.07, 6.45) is 7.81. The summed E-state index contributed by atoms with van der Waals surface area (Å²) in [6.45, 7) is 2.40. The van der Waals surface area contributed by atoms with E-state index in [0.717, 1.165) is 44.3 Å². The molecular weight excluding hydrogens is 366 g/mol. The summed E-state index contributed by atoms with van der Waals surface area (Å²) in [4.78, 5) is 12.4. The number of sulfonamides is 1. The van der Waals surface area contributed by atoms with Crippen LogP contribution >= 0.6 is 0 Å². The van der Waals surface area contributed by atoms with Crippen LogP contribution in [0.25, 0.3) is 0 Å². The Kier molecular flexibility index (Phi) is 5.29. The highest BCUT2D eigenvalue weighted by atomic mass is 32.2. The molecule has 3 fully saturated rings. The van der Waals surface area contributed by atoms with Crippen LogP contribution in [0.15, 0.2) is 10.6 Å². The van der Waals surface area contributed by atoms with Gasteiger partial charge in [-0.05, 0) is 51.4 Å². The third kappa shape index (κ3) is 4.37. The normalized spacial score (nSPS) is 27.7. The van der Waals surface area contributed by atoms with Crippen LogP contribution in [0.4, 0.5) is 0 Å². The maximum atomic E-state index is 12.8. The maximum Gasteiger partial charge on any atom is 0.273 e. The van der Waals surface area contributed by atoms with Crippen LogP contribution in [0.2, 0.25) is 0 Å². The molecule has 0 unspecified atom stereocenters. The molecule has 1 aromatic heterocycles. The van der Waals surface area contributed by atoms with Crippen molar-refractivity contribution in [1.29, 1.82) is 0 Å². The van der Waals surface area contributed by atoms with E-state index in [1.165, 1.54) is 0 Å². The second-order valence-corrected chi connectivity index (χ2v) is 10.4. The quantitative estimate of drug-likeness (QED) is 0.799. The number of hydrogen-bond acceptors (Lipinski definition) is 5. The van der Waals surface area contributed by atoms with Gasteiger partial charge >= 0.3 is 0 Å². The van der Waals surface area contributed by atoms with Gasteiger partial charge in [-0.15, -0.1) is 0 Å². The van der Waals surface area contributed by atoms with Gasteiger partial charge in [0.2, 0.25) is 10.0 Å². The lowest BCUT2D eigenvalue weighted by Crippen LogP contribution is -2.51. The molecule has 27 heavy (non-hydrogen) atoms. The first-order chi connectivity index (χ1) is 12.9. The van der Waals surface area contributed by atoms with Crippen molar-refractivity contribution in [2.24, 2.45) is 5.92 Å². The molecule has 1 aromatic rings. The third-order valence-corrected chi connectivity index (χ3v) is 8.32. The lowest BCUT2D eigenvalue weighted by Gasteiger charge is -2.37. The molecule has 2 atom stereocenters. The topological polar surface area (TPSA) is 92.5 Å². The van der Waals surface area contributed by atoms with Crippen LogP contribution in [0.3, 0.4) is 0 Å². The molecule has 3 aliphatic rings. The largest absolute Gasteiger partial charge is 0.360 e. The zero-order chi connectivity index (χ0) is 19.0. The summed E-state index contributed by atoms with van der Waals surface area (Å²) in [5, 5.41) is 6.88. The fraction of sp³-hybridized carbons (Fsp3) is 0.789. The van der Waals surface area contributed by atoms with Gasteiger partial charge in [0.05, 0.1) is 5.75 Å². The molecule has 1 saturated heterocycles. The number of piperidine rings is 1. The van der Waals surface area contributed by atoms with Crippen molar-refractivity contribution in [2.75, 3.05) is 12.3 Å². The predicted molar refractivity (Wildman–Crippen MR) is 101 cm³/mol. The predicted octanol–water partition coefficient (Wildman–Crippen LogP) is 2.65. The van der Waals surface area contributed by atoms with Crippen molar-refractivity contribution < 1.29 is 17.7 Å². The number of carbonyl (C=O) groups is 1. The van der Waals surface area contributed by atoms with Crippen LogP contribution in [-0.2, 0) is 10.0 Å². The van der Waals surface area contributed by atoms with Crippen molar-refractivity contribution in [3.63, 3.8) is 0 Å². The van der Waals surface area contributed by atoms with Crippen LogP contribution < -0.4 is 5.32 Å². The molecule has 2 saturated carbocycles. The first-order valence-corrected chi connectivity index (χ1v) is 11.8. The second-order valence-electron chi connectivity index (χ2n) is 8.47. The molecule has 2 heterocycles. The summed E-state index contributed by atoms with van der Waals surface area (Å²) in [7, 11) is -3.23. The highest BCUT2D eigenvalue weighted by Crippen LogP contribution is 2.40. The molecule has 4 rings (SSSR count). The van der Waals surface area contributed by atoms with Gasteiger partial charge in [0, 0.05) is 30.6 Å². The van der Waals surface area contributed by atoms with E-state index in [2.05, 4.69) is 10.5 Å². The van der Waals surface area contributed by atoms with Gasteiger partial charge in [0.15, 0.2) is 5.69 Å². The van der Waals surface area contributed by atoms with Gasteiger partial charge in [-0.3, -0.25) is 4.79 Å². The molecule has 0 spiro atoms. The molecule has 1 amide bonds. The molecular formula is C19H29N3O4S. The van der Waals surface area contributed by atoms with Crippen LogP contribution in [0, 0.1) is 5.92 Å². The fourth-order valence-corrected chi connectivity index (χ4v) is 6.62. The van der Waals surface area contributed by atoms with Gasteiger partial charge in [0.1, 0.15) is 5.76 Å². The Hall–Kier alpha value is -1.41. The van der Waals surface area contributed by atoms with Crippen molar-refractivity contribution in [3.05, 3.63) is 17.5 Å². The zero-order valence-electron chi connectivity index (χ0n) is 15.9. The lowest BCUT2D eigenvalue weighted by molar-refractivity contribution is 0.0905. The van der Waals surface area contributed by atoms with Crippen LogP contribution in [0.5, 0.6) is 0 Å². The Balaban J connectivity index is 1.31. The molecule has 150 valence electrons. The molecule has 0 bridgehead atoms. The number of hydrogen-bond donors (Lipinski definition) is 1. The van der Waals surface area contributed by atoms with E-state index in [9.17, 15) is 13.2 Å². The summed E-state index contributed by atoms with van der Waals surface area (Å²) >= 11 is 0. The van der Waals surface area contributed by atoms with Crippen molar-refractivity contribution in [1.82, 2.24) is 14.8 Å². The minimum absolute atomic E-state index is 0.0356. The second kappa shape index (κ2) is 7.54. The molecule has 1 aliphatic heterocycles. The molecule has 1 N–H and O–H groups in total. The van der Waals surface area contributed by atoms with Crippen molar-refractivity contribution >= 4 is 15.9 Å². The van der Waals surface area contributed by atoms with Crippen molar-refractivity contribution in [2.45, 2.75) is 76.3 Å². The van der Waals surface area contributed by atoms with Gasteiger partial charge in [-0.25, -0.2) is 8.42 Å². The fourth-order valence-electron chi connectivity index (χ4n) is 4.48. The number of nitrogens with zero attached hydrogens (tertiary/aromatic N) is 2. The Morgan fingerprint density at radius 3 is 2.67 bits per heavy atom. The number of nitrogens with one attached hydrogen (secondary N) is 1. The third-order valence-electron chi connectivity index (χ3n) is 6.17. The van der Waals surface area contributed by atoms with Gasteiger partial charge in [-0.2, -0.15) is 4.31 Å². The summed E-state index contributed by atoms with van der Waals surface area (Å²) in [6, 6.07) is 1.60. The Labute approximate surface area is 160 Å². The number of amides is 1. The standard InChI is InChI=1S/C19H29N3O4S/c1-13-10-16(20-19(23)17-11-18(26-21-17)15-6-7-15)8-9-22(13)27(24,25)12-14-4-2-3-5-14/h11,13-16H,2-10,12H2,1H3,(H,20,23)/t13-,16-/m0/s1. The lowest BCUT2D eigenvalue weighted by atomic mass is 10.0. The van der Waals surface area contributed by atoms with E-state index in [-0.39, 0.29) is 23.7 Å². The molecule has 2 aliphatic carbocycles. The van der Waals surface area contributed by atoms with Gasteiger partial charge in [0.25, 0.3) is 5.91 Å². The number of aromatic nitrogens is 1. The summed E-state index contributed by atoms with van der Waals surface area (Å²) in [5.41, 5.74) is 0.320. The van der Waals surface area contributed by atoms with E-state index in [4.69, 9.17) is 4.52 Å². The van der Waals surface area contributed by atoms with E-state index in [0.29, 0.717) is 36.9 Å². The highest BCUT2D eigenvalue weighted by Gasteiger charge is 2.36. The minimum Gasteiger partial charge on any atom is -0.360 e. The molecule has 0 radical (unpaired) electrons. The average Bonchev–Trinajstić information content (AvgIpc) is 3.12. The zero-order valence-corrected chi connectivity index (χ0v) is 16.7. The number of rotatable bonds is 6. The SMILES string of the molecule is C[C@H]1C[C@@H](NC(=O)c2cc(C3CC3)on2)CCN1S(=O)(=O)CC1CCCC1. The minimum atomic E-state index is -3.23. The molecule has 7 nitrogen and oxygen atoms in total. The Morgan fingerprint density at radius 2 is 2.00 bits per heavy atom. The van der Waals surface area contributed by atoms with Gasteiger partial charge < -0.3 is 9.84 Å². The highest BCUT2D eigenvalue weighted by molar-refractivity contribution is 7.89. The van der Waals surface area contributed by atoms with E-state index in [1.54, 1.807) is 10.4 Å². The first-order valence-electron chi connectivity index (χ1n) is 10.2. The van der Waals surface area contributed by atoms with Gasteiger partial charge in [-0.1, -0.05) is 18.0 Å². The smallest absolute Gasteiger partial charge is 0.273 e. The van der Waals surface area contributed by atoms with E-state index in [1.807, 2.05) is 6.92 Å². The molecule has 8 heteroatoms. The van der Waals surface area contributed by atoms with E-state index >= 15 is 0 Å². The Bertz CT molecular complexity index is 781. The monoisotopic (exact) mass is 395 g/mol. The van der Waals surface area contributed by atoms with E-state index < -0.39 is 10.0 Å². The maximum absolute atomic E-state index is 12.8. The first kappa shape index (κ1) is 18.9. The molecule has 0 aromatic carbocycles. The Morgan fingerprint density at radius 1 is 1.26 bits per heavy atom.